The smallest absolute Gasteiger partial charge is 0.257 e. The van der Waals surface area contributed by atoms with Crippen molar-refractivity contribution in [2.75, 3.05) is 25.4 Å². The zero-order valence-corrected chi connectivity index (χ0v) is 18.0. The van der Waals surface area contributed by atoms with Crippen LogP contribution in [0.25, 0.3) is 11.3 Å². The highest BCUT2D eigenvalue weighted by Gasteiger charge is 2.25. The Labute approximate surface area is 169 Å². The molecule has 2 rings (SSSR count). The second-order valence-corrected chi connectivity index (χ2v) is 7.13. The second kappa shape index (κ2) is 9.69. The predicted molar refractivity (Wildman–Crippen MR) is 112 cm³/mol. The minimum Gasteiger partial charge on any atom is -0.493 e. The highest BCUT2D eigenvalue weighted by molar-refractivity contribution is 9.10. The molecular formula is C20H27BrN4O2. The summed E-state index contributed by atoms with van der Waals surface area (Å²) in [5, 5.41) is 0. The van der Waals surface area contributed by atoms with Crippen molar-refractivity contribution in [3.05, 3.63) is 33.9 Å². The van der Waals surface area contributed by atoms with Gasteiger partial charge in [0, 0.05) is 23.1 Å². The topological polar surface area (TPSA) is 81.3 Å². The summed E-state index contributed by atoms with van der Waals surface area (Å²) in [4.78, 5) is 23.5. The first-order chi connectivity index (χ1) is 12.9. The molecule has 0 fully saturated rings. The maximum absolute atomic E-state index is 13.1. The van der Waals surface area contributed by atoms with E-state index >= 15 is 0 Å². The van der Waals surface area contributed by atoms with Crippen molar-refractivity contribution in [1.29, 1.82) is 0 Å². The number of halogens is 1. The van der Waals surface area contributed by atoms with Crippen molar-refractivity contribution < 1.29 is 9.53 Å². The van der Waals surface area contributed by atoms with Crippen LogP contribution in [0.4, 0.5) is 5.95 Å². The van der Waals surface area contributed by atoms with Gasteiger partial charge in [-0.25, -0.2) is 9.97 Å². The molecule has 0 radical (unpaired) electrons. The quantitative estimate of drug-likeness (QED) is 0.620. The van der Waals surface area contributed by atoms with E-state index in [1.165, 1.54) is 0 Å². The van der Waals surface area contributed by atoms with Crippen LogP contribution in [-0.2, 0) is 0 Å². The van der Waals surface area contributed by atoms with Gasteiger partial charge in [-0.05, 0) is 45.4 Å². The van der Waals surface area contributed by atoms with E-state index in [1.54, 1.807) is 11.8 Å². The van der Waals surface area contributed by atoms with Crippen molar-refractivity contribution in [3.8, 4) is 17.0 Å². The molecule has 0 spiro atoms. The van der Waals surface area contributed by atoms with Crippen LogP contribution >= 0.6 is 15.9 Å². The third-order valence-electron chi connectivity index (χ3n) is 4.32. The lowest BCUT2D eigenvalue weighted by atomic mass is 10.0. The first kappa shape index (κ1) is 21.2. The highest BCUT2D eigenvalue weighted by Crippen LogP contribution is 2.35. The molecule has 0 aliphatic heterocycles. The van der Waals surface area contributed by atoms with Gasteiger partial charge < -0.3 is 15.4 Å². The van der Waals surface area contributed by atoms with E-state index in [9.17, 15) is 4.79 Å². The van der Waals surface area contributed by atoms with E-state index in [0.717, 1.165) is 22.9 Å². The molecule has 0 bridgehead atoms. The Morgan fingerprint density at radius 2 is 1.93 bits per heavy atom. The average molecular weight is 435 g/mol. The van der Waals surface area contributed by atoms with Crippen LogP contribution < -0.4 is 10.5 Å². The van der Waals surface area contributed by atoms with Crippen molar-refractivity contribution in [1.82, 2.24) is 14.9 Å². The summed E-state index contributed by atoms with van der Waals surface area (Å²) in [6, 6.07) is 5.70. The molecule has 1 amide bonds. The summed E-state index contributed by atoms with van der Waals surface area (Å²) in [6.07, 6.45) is 1.99. The molecule has 1 heterocycles. The molecule has 27 heavy (non-hydrogen) atoms. The number of hydrogen-bond donors (Lipinski definition) is 1. The molecule has 0 atom stereocenters. The van der Waals surface area contributed by atoms with Gasteiger partial charge in [-0.2, -0.15) is 0 Å². The van der Waals surface area contributed by atoms with E-state index in [0.29, 0.717) is 42.4 Å². The van der Waals surface area contributed by atoms with Gasteiger partial charge in [-0.15, -0.1) is 0 Å². The number of benzene rings is 1. The lowest BCUT2D eigenvalue weighted by molar-refractivity contribution is 0.0772. The SMILES string of the molecule is CCCCOc1ccc(Br)cc1-c1nc(N)nc(C)c1C(=O)N(CC)CC. The normalized spacial score (nSPS) is 10.7. The molecule has 1 aromatic heterocycles. The molecule has 0 saturated heterocycles. The number of amides is 1. The Balaban J connectivity index is 2.64. The van der Waals surface area contributed by atoms with Gasteiger partial charge in [0.1, 0.15) is 5.75 Å². The molecule has 0 saturated carbocycles. The Kier molecular flexibility index (Phi) is 7.59. The maximum atomic E-state index is 13.1. The number of anilines is 1. The summed E-state index contributed by atoms with van der Waals surface area (Å²) >= 11 is 3.50. The van der Waals surface area contributed by atoms with Gasteiger partial charge in [-0.3, -0.25) is 4.79 Å². The Morgan fingerprint density at radius 1 is 1.22 bits per heavy atom. The number of rotatable bonds is 8. The number of aryl methyl sites for hydroxylation is 1. The van der Waals surface area contributed by atoms with Crippen LogP contribution in [0.5, 0.6) is 5.75 Å². The largest absolute Gasteiger partial charge is 0.493 e. The summed E-state index contributed by atoms with van der Waals surface area (Å²) in [7, 11) is 0. The molecule has 0 unspecified atom stereocenters. The third-order valence-corrected chi connectivity index (χ3v) is 4.82. The monoisotopic (exact) mass is 434 g/mol. The maximum Gasteiger partial charge on any atom is 0.257 e. The van der Waals surface area contributed by atoms with Crippen LogP contribution in [0.1, 0.15) is 49.7 Å². The fraction of sp³-hybridized carbons (Fsp3) is 0.450. The van der Waals surface area contributed by atoms with Gasteiger partial charge in [-0.1, -0.05) is 29.3 Å². The lowest BCUT2D eigenvalue weighted by Gasteiger charge is -2.22. The van der Waals surface area contributed by atoms with Crippen molar-refractivity contribution in [2.45, 2.75) is 40.5 Å². The van der Waals surface area contributed by atoms with E-state index < -0.39 is 0 Å². The standard InChI is InChI=1S/C20H27BrN4O2/c1-5-8-11-27-16-10-9-14(21)12-15(16)18-17(13(4)23-20(22)24-18)19(26)25(6-2)7-3/h9-10,12H,5-8,11H2,1-4H3,(H2,22,23,24). The summed E-state index contributed by atoms with van der Waals surface area (Å²) in [5.74, 6) is 0.711. The number of aromatic nitrogens is 2. The molecule has 2 N–H and O–H groups in total. The van der Waals surface area contributed by atoms with Crippen LogP contribution in [-0.4, -0.2) is 40.5 Å². The average Bonchev–Trinajstić information content (AvgIpc) is 2.63. The predicted octanol–water partition coefficient (Wildman–Crippen LogP) is 4.46. The number of hydrogen-bond acceptors (Lipinski definition) is 5. The Hall–Kier alpha value is -2.15. The van der Waals surface area contributed by atoms with Gasteiger partial charge >= 0.3 is 0 Å². The fourth-order valence-corrected chi connectivity index (χ4v) is 3.22. The number of unbranched alkanes of at least 4 members (excludes halogenated alkanes) is 1. The van der Waals surface area contributed by atoms with Crippen LogP contribution in [0.2, 0.25) is 0 Å². The van der Waals surface area contributed by atoms with Gasteiger partial charge in [0.2, 0.25) is 5.95 Å². The van der Waals surface area contributed by atoms with Crippen molar-refractivity contribution in [2.24, 2.45) is 0 Å². The van der Waals surface area contributed by atoms with Crippen molar-refractivity contribution >= 4 is 27.8 Å². The van der Waals surface area contributed by atoms with Gasteiger partial charge in [0.15, 0.2) is 0 Å². The molecule has 1 aromatic carbocycles. The number of ether oxygens (including phenoxy) is 1. The molecule has 7 heteroatoms. The van der Waals surface area contributed by atoms with Crippen molar-refractivity contribution in [3.63, 3.8) is 0 Å². The Morgan fingerprint density at radius 3 is 2.56 bits per heavy atom. The minimum absolute atomic E-state index is 0.105. The van der Waals surface area contributed by atoms with E-state index in [-0.39, 0.29) is 11.9 Å². The molecular weight excluding hydrogens is 408 g/mol. The summed E-state index contributed by atoms with van der Waals surface area (Å²) in [6.45, 7) is 9.62. The molecule has 6 nitrogen and oxygen atoms in total. The van der Waals surface area contributed by atoms with Crippen LogP contribution in [0.3, 0.4) is 0 Å². The molecule has 0 aliphatic carbocycles. The third kappa shape index (κ3) is 4.97. The minimum atomic E-state index is -0.105. The van der Waals surface area contributed by atoms with E-state index in [1.807, 2.05) is 32.0 Å². The van der Waals surface area contributed by atoms with Crippen LogP contribution in [0, 0.1) is 6.92 Å². The number of carbonyl (C=O) groups excluding carboxylic acids is 1. The number of nitrogens with two attached hydrogens (primary N) is 1. The summed E-state index contributed by atoms with van der Waals surface area (Å²) in [5.41, 5.74) is 8.18. The number of carbonyl (C=O) groups is 1. The van der Waals surface area contributed by atoms with E-state index in [4.69, 9.17) is 10.5 Å². The molecule has 2 aromatic rings. The first-order valence-corrected chi connectivity index (χ1v) is 10.1. The first-order valence-electron chi connectivity index (χ1n) is 9.28. The molecule has 0 aliphatic rings. The van der Waals surface area contributed by atoms with Gasteiger partial charge in [0.25, 0.3) is 5.91 Å². The molecule has 146 valence electrons. The number of nitrogens with zero attached hydrogens (tertiary/aromatic N) is 3. The van der Waals surface area contributed by atoms with E-state index in [2.05, 4.69) is 32.8 Å². The number of nitrogen functional groups attached to an aromatic ring is 1. The Bertz CT molecular complexity index is 807. The summed E-state index contributed by atoms with van der Waals surface area (Å²) < 4.78 is 6.84. The zero-order chi connectivity index (χ0) is 20.0. The van der Waals surface area contributed by atoms with Crippen LogP contribution in [0.15, 0.2) is 22.7 Å². The zero-order valence-electron chi connectivity index (χ0n) is 16.4. The highest BCUT2D eigenvalue weighted by atomic mass is 79.9. The second-order valence-electron chi connectivity index (χ2n) is 6.21. The fourth-order valence-electron chi connectivity index (χ4n) is 2.85. The lowest BCUT2D eigenvalue weighted by Crippen LogP contribution is -2.32. The van der Waals surface area contributed by atoms with Gasteiger partial charge in [0.05, 0.1) is 23.6 Å².